The van der Waals surface area contributed by atoms with Crippen LogP contribution in [0.1, 0.15) is 32.8 Å². The number of hydrogen-bond acceptors (Lipinski definition) is 5. The number of alkyl halides is 2. The van der Waals surface area contributed by atoms with Gasteiger partial charge in [-0.2, -0.15) is 0 Å². The smallest absolute Gasteiger partial charge is 0.408 e. The fourth-order valence-electron chi connectivity index (χ4n) is 1.84. The highest BCUT2D eigenvalue weighted by Crippen LogP contribution is 2.21. The minimum absolute atomic E-state index is 0.0793. The van der Waals surface area contributed by atoms with E-state index in [0.29, 0.717) is 5.56 Å². The van der Waals surface area contributed by atoms with Gasteiger partial charge in [0.05, 0.1) is 0 Å². The first kappa shape index (κ1) is 20.8. The van der Waals surface area contributed by atoms with Gasteiger partial charge < -0.3 is 19.9 Å². The summed E-state index contributed by atoms with van der Waals surface area (Å²) >= 11 is 0. The van der Waals surface area contributed by atoms with Gasteiger partial charge in [-0.15, -0.1) is 0 Å². The zero-order valence-corrected chi connectivity index (χ0v) is 14.4. The summed E-state index contributed by atoms with van der Waals surface area (Å²) in [4.78, 5) is 23.9. The highest BCUT2D eigenvalue weighted by molar-refractivity contribution is 5.81. The zero-order valence-electron chi connectivity index (χ0n) is 14.4. The molecule has 8 heteroatoms. The summed E-state index contributed by atoms with van der Waals surface area (Å²) in [5.74, 6) is -4.58. The first-order chi connectivity index (χ1) is 11.5. The molecule has 0 fully saturated rings. The van der Waals surface area contributed by atoms with E-state index in [4.69, 9.17) is 14.6 Å². The molecule has 1 unspecified atom stereocenters. The van der Waals surface area contributed by atoms with Crippen molar-refractivity contribution in [2.24, 2.45) is 0 Å². The minimum atomic E-state index is -3.55. The number of halogens is 2. The molecule has 0 heterocycles. The van der Waals surface area contributed by atoms with Crippen molar-refractivity contribution in [1.82, 2.24) is 5.32 Å². The van der Waals surface area contributed by atoms with Gasteiger partial charge in [0.1, 0.15) is 24.9 Å². The molecule has 0 aromatic heterocycles. The molecule has 1 rings (SSSR count). The maximum Gasteiger partial charge on any atom is 0.408 e. The van der Waals surface area contributed by atoms with Gasteiger partial charge in [0, 0.05) is 6.42 Å². The number of alkyl carbamates (subject to hydrolysis) is 1. The number of benzene rings is 1. The average molecular weight is 359 g/mol. The number of hydrogen-bond donors (Lipinski definition) is 2. The topological polar surface area (TPSA) is 84.9 Å². The largest absolute Gasteiger partial charge is 0.458 e. The number of rotatable bonds is 7. The van der Waals surface area contributed by atoms with Gasteiger partial charge in [0.25, 0.3) is 5.92 Å². The van der Waals surface area contributed by atoms with Crippen LogP contribution in [0.3, 0.4) is 0 Å². The van der Waals surface area contributed by atoms with Crippen LogP contribution in [0, 0.1) is 0 Å². The highest BCUT2D eigenvalue weighted by Gasteiger charge is 2.38. The normalized spacial score (nSPS) is 13.0. The minimum Gasteiger partial charge on any atom is -0.458 e. The molecule has 2 N–H and O–H groups in total. The molecule has 0 spiro atoms. The van der Waals surface area contributed by atoms with Gasteiger partial charge in [-0.1, -0.05) is 30.3 Å². The molecule has 0 saturated carbocycles. The fourth-order valence-corrected chi connectivity index (χ4v) is 1.84. The van der Waals surface area contributed by atoms with Crippen LogP contribution in [-0.4, -0.2) is 41.3 Å². The third-order valence-electron chi connectivity index (χ3n) is 2.93. The van der Waals surface area contributed by atoms with Crippen LogP contribution >= 0.6 is 0 Å². The third-order valence-corrected chi connectivity index (χ3v) is 2.93. The van der Waals surface area contributed by atoms with Gasteiger partial charge in [-0.05, 0) is 26.3 Å². The third kappa shape index (κ3) is 8.44. The van der Waals surface area contributed by atoms with Crippen LogP contribution in [0.4, 0.5) is 13.6 Å². The second kappa shape index (κ2) is 8.75. The number of aliphatic hydroxyl groups excluding tert-OH is 1. The Labute approximate surface area is 145 Å². The molecule has 1 aromatic rings. The van der Waals surface area contributed by atoms with Crippen LogP contribution in [0.15, 0.2) is 30.3 Å². The first-order valence-corrected chi connectivity index (χ1v) is 7.71. The molecule has 0 aliphatic heterocycles. The Balaban J connectivity index is 2.71. The number of esters is 1. The van der Waals surface area contributed by atoms with Crippen LogP contribution in [0.2, 0.25) is 0 Å². The van der Waals surface area contributed by atoms with Gasteiger partial charge in [0.15, 0.2) is 0 Å². The van der Waals surface area contributed by atoms with Gasteiger partial charge in [-0.25, -0.2) is 18.4 Å². The summed E-state index contributed by atoms with van der Waals surface area (Å²) in [5.41, 5.74) is -0.216. The summed E-state index contributed by atoms with van der Waals surface area (Å²) in [7, 11) is 0. The number of aliphatic hydroxyl groups is 1. The van der Waals surface area contributed by atoms with Gasteiger partial charge >= 0.3 is 12.1 Å². The quantitative estimate of drug-likeness (QED) is 0.731. The van der Waals surface area contributed by atoms with Crippen molar-refractivity contribution in [2.45, 2.75) is 51.4 Å². The molecule has 0 aliphatic rings. The number of amides is 1. The van der Waals surface area contributed by atoms with Gasteiger partial charge in [-0.3, -0.25) is 0 Å². The van der Waals surface area contributed by atoms with E-state index in [-0.39, 0.29) is 6.61 Å². The predicted molar refractivity (Wildman–Crippen MR) is 86.0 cm³/mol. The Morgan fingerprint density at radius 2 is 1.80 bits per heavy atom. The Bertz CT molecular complexity index is 572. The number of ether oxygens (including phenoxy) is 2. The van der Waals surface area contributed by atoms with Crippen LogP contribution in [0.5, 0.6) is 0 Å². The summed E-state index contributed by atoms with van der Waals surface area (Å²) < 4.78 is 36.8. The lowest BCUT2D eigenvalue weighted by Gasteiger charge is -2.26. The summed E-state index contributed by atoms with van der Waals surface area (Å²) in [5, 5.41) is 10.8. The molecular formula is C17H23F2NO5. The molecule has 25 heavy (non-hydrogen) atoms. The number of carbonyl (C=O) groups excluding carboxylic acids is 2. The molecule has 6 nitrogen and oxygen atoms in total. The zero-order chi connectivity index (χ0) is 19.1. The van der Waals surface area contributed by atoms with E-state index < -0.39 is 42.7 Å². The lowest BCUT2D eigenvalue weighted by molar-refractivity contribution is -0.161. The lowest BCUT2D eigenvalue weighted by Crippen LogP contribution is -2.47. The van der Waals surface area contributed by atoms with Crippen LogP contribution in [-0.2, 0) is 20.9 Å². The Morgan fingerprint density at radius 3 is 2.32 bits per heavy atom. The van der Waals surface area contributed by atoms with Crippen molar-refractivity contribution in [1.29, 1.82) is 0 Å². The molecule has 0 bridgehead atoms. The lowest BCUT2D eigenvalue weighted by atomic mass is 10.1. The van der Waals surface area contributed by atoms with E-state index in [1.54, 1.807) is 51.1 Å². The summed E-state index contributed by atoms with van der Waals surface area (Å²) in [6.07, 6.45) is -2.13. The first-order valence-electron chi connectivity index (χ1n) is 7.71. The number of carbonyl (C=O) groups is 2. The molecule has 1 amide bonds. The molecule has 1 atom stereocenters. The molecule has 140 valence electrons. The average Bonchev–Trinajstić information content (AvgIpc) is 2.51. The Hall–Kier alpha value is -2.22. The second-order valence-corrected chi connectivity index (χ2v) is 6.51. The molecule has 0 radical (unpaired) electrons. The van der Waals surface area contributed by atoms with Crippen molar-refractivity contribution < 1.29 is 33.0 Å². The molecule has 0 aliphatic carbocycles. The van der Waals surface area contributed by atoms with E-state index in [1.165, 1.54) is 0 Å². The van der Waals surface area contributed by atoms with Crippen LogP contribution in [0.25, 0.3) is 0 Å². The standard InChI is InChI=1S/C17H23F2NO5/c1-16(2,3)25-14(22)13(9-17(18,19)11-21)20-15(23)24-10-12-7-5-4-6-8-12/h4-8,13,21H,9-11H2,1-3H3,(H,20,23). The van der Waals surface area contributed by atoms with Crippen molar-refractivity contribution in [3.63, 3.8) is 0 Å². The van der Waals surface area contributed by atoms with Gasteiger partial charge in [0.2, 0.25) is 0 Å². The molecule has 1 aromatic carbocycles. The monoisotopic (exact) mass is 359 g/mol. The molecular weight excluding hydrogens is 336 g/mol. The van der Waals surface area contributed by atoms with Crippen molar-refractivity contribution in [3.05, 3.63) is 35.9 Å². The highest BCUT2D eigenvalue weighted by atomic mass is 19.3. The van der Waals surface area contributed by atoms with Crippen molar-refractivity contribution >= 4 is 12.1 Å². The maximum atomic E-state index is 13.4. The van der Waals surface area contributed by atoms with E-state index >= 15 is 0 Å². The van der Waals surface area contributed by atoms with Crippen molar-refractivity contribution in [2.75, 3.05) is 6.61 Å². The fraction of sp³-hybridized carbons (Fsp3) is 0.529. The number of nitrogens with one attached hydrogen (secondary N) is 1. The van der Waals surface area contributed by atoms with Crippen molar-refractivity contribution in [3.8, 4) is 0 Å². The second-order valence-electron chi connectivity index (χ2n) is 6.51. The van der Waals surface area contributed by atoms with E-state index in [2.05, 4.69) is 5.32 Å². The predicted octanol–water partition coefficient (Wildman–Crippen LogP) is 2.64. The van der Waals surface area contributed by atoms with E-state index in [9.17, 15) is 18.4 Å². The maximum absolute atomic E-state index is 13.4. The van der Waals surface area contributed by atoms with E-state index in [0.717, 1.165) is 0 Å². The van der Waals surface area contributed by atoms with Crippen LogP contribution < -0.4 is 5.32 Å². The SMILES string of the molecule is CC(C)(C)OC(=O)C(CC(F)(F)CO)NC(=O)OCc1ccccc1. The molecule has 0 saturated heterocycles. The summed E-state index contributed by atoms with van der Waals surface area (Å²) in [6, 6.07) is 7.09. The Kier molecular flexibility index (Phi) is 7.29. The Morgan fingerprint density at radius 1 is 1.20 bits per heavy atom. The van der Waals surface area contributed by atoms with E-state index in [1.807, 2.05) is 0 Å². The summed E-state index contributed by atoms with van der Waals surface area (Å²) in [6.45, 7) is 3.18.